The fourth-order valence-corrected chi connectivity index (χ4v) is 3.08. The second kappa shape index (κ2) is 11.1. The molecule has 2 aromatic rings. The Balaban J connectivity index is 0.00000261. The fourth-order valence-electron chi connectivity index (χ4n) is 3.08. The van der Waals surface area contributed by atoms with Crippen LogP contribution in [-0.2, 0) is 0 Å². The highest BCUT2D eigenvalue weighted by molar-refractivity contribution is 14.0. The number of aliphatic hydroxyl groups is 1. The third kappa shape index (κ3) is 6.39. The minimum absolute atomic E-state index is 0. The zero-order valence-corrected chi connectivity index (χ0v) is 18.0. The summed E-state index contributed by atoms with van der Waals surface area (Å²) in [6.45, 7) is 2.31. The lowest BCUT2D eigenvalue weighted by Crippen LogP contribution is -2.40. The van der Waals surface area contributed by atoms with Crippen molar-refractivity contribution in [2.24, 2.45) is 4.99 Å². The average Bonchev–Trinajstić information content (AvgIpc) is 2.72. The summed E-state index contributed by atoms with van der Waals surface area (Å²) in [6.07, 6.45) is 2.98. The number of likely N-dealkylation sites (tertiary alicyclic amines) is 1. The summed E-state index contributed by atoms with van der Waals surface area (Å²) in [5, 5.41) is 13.9. The van der Waals surface area contributed by atoms with Crippen molar-refractivity contribution in [2.45, 2.75) is 25.4 Å². The largest absolute Gasteiger partial charge is 0.497 e. The van der Waals surface area contributed by atoms with Crippen LogP contribution in [0.1, 0.15) is 30.9 Å². The summed E-state index contributed by atoms with van der Waals surface area (Å²) in [7, 11) is 1.63. The summed E-state index contributed by atoms with van der Waals surface area (Å²) in [6, 6.07) is 17.5. The molecule has 1 unspecified atom stereocenters. The number of nitrogens with one attached hydrogen (secondary N) is 1. The molecule has 0 aliphatic carbocycles. The van der Waals surface area contributed by atoms with Crippen LogP contribution in [0.2, 0.25) is 0 Å². The molecule has 3 rings (SSSR count). The molecule has 1 aliphatic rings. The number of aliphatic hydroxyl groups excluding tert-OH is 1. The Kier molecular flexibility index (Phi) is 8.87. The van der Waals surface area contributed by atoms with Crippen LogP contribution in [0.5, 0.6) is 5.75 Å². The molecule has 2 aromatic carbocycles. The summed E-state index contributed by atoms with van der Waals surface area (Å²) >= 11 is 0. The van der Waals surface area contributed by atoms with Crippen LogP contribution in [0.4, 0.5) is 5.69 Å². The zero-order valence-electron chi connectivity index (χ0n) is 15.7. The lowest BCUT2D eigenvalue weighted by Gasteiger charge is -2.30. The number of methoxy groups -OCH3 is 1. The Labute approximate surface area is 178 Å². The smallest absolute Gasteiger partial charge is 0.198 e. The number of anilines is 1. The Morgan fingerprint density at radius 3 is 2.37 bits per heavy atom. The van der Waals surface area contributed by atoms with Crippen molar-refractivity contribution >= 4 is 35.6 Å². The molecule has 6 heteroatoms. The zero-order chi connectivity index (χ0) is 18.2. The van der Waals surface area contributed by atoms with Gasteiger partial charge in [0, 0.05) is 18.8 Å². The molecule has 1 saturated heterocycles. The third-order valence-electron chi connectivity index (χ3n) is 4.60. The molecule has 1 atom stereocenters. The van der Waals surface area contributed by atoms with Gasteiger partial charge in [-0.15, -0.1) is 24.0 Å². The van der Waals surface area contributed by atoms with Gasteiger partial charge in [0.2, 0.25) is 0 Å². The second-order valence-electron chi connectivity index (χ2n) is 6.49. The maximum Gasteiger partial charge on any atom is 0.198 e. The van der Waals surface area contributed by atoms with Crippen molar-refractivity contribution < 1.29 is 9.84 Å². The van der Waals surface area contributed by atoms with E-state index in [1.54, 1.807) is 7.11 Å². The van der Waals surface area contributed by atoms with Crippen molar-refractivity contribution in [3.8, 4) is 5.75 Å². The topological polar surface area (TPSA) is 57.1 Å². The Morgan fingerprint density at radius 1 is 1.07 bits per heavy atom. The Bertz CT molecular complexity index is 701. The van der Waals surface area contributed by atoms with Crippen LogP contribution in [0, 0.1) is 0 Å². The van der Waals surface area contributed by atoms with Gasteiger partial charge in [-0.3, -0.25) is 0 Å². The summed E-state index contributed by atoms with van der Waals surface area (Å²) in [5.74, 6) is 1.62. The predicted octanol–water partition coefficient (Wildman–Crippen LogP) is 4.30. The number of rotatable bonds is 5. The number of nitrogens with zero attached hydrogens (tertiary/aromatic N) is 2. The SMILES string of the molecule is COc1ccc(C(O)CN=C(Nc2ccccc2)N2CCCCC2)cc1.I. The number of guanidine groups is 1. The van der Waals surface area contributed by atoms with E-state index in [9.17, 15) is 5.11 Å². The van der Waals surface area contributed by atoms with E-state index in [1.807, 2.05) is 54.6 Å². The van der Waals surface area contributed by atoms with E-state index in [-0.39, 0.29) is 24.0 Å². The number of piperidine rings is 1. The van der Waals surface area contributed by atoms with E-state index >= 15 is 0 Å². The number of hydrogen-bond donors (Lipinski definition) is 2. The summed E-state index contributed by atoms with van der Waals surface area (Å²) in [4.78, 5) is 6.99. The molecule has 1 heterocycles. The number of halogens is 1. The van der Waals surface area contributed by atoms with Crippen LogP contribution < -0.4 is 10.1 Å². The Hall–Kier alpha value is -1.80. The van der Waals surface area contributed by atoms with Gasteiger partial charge < -0.3 is 20.1 Å². The second-order valence-corrected chi connectivity index (χ2v) is 6.49. The first kappa shape index (κ1) is 21.5. The van der Waals surface area contributed by atoms with Crippen molar-refractivity contribution in [1.82, 2.24) is 4.90 Å². The standard InChI is InChI=1S/C21H27N3O2.HI/c1-26-19-12-10-17(11-13-19)20(25)16-22-21(24-14-6-3-7-15-24)23-18-8-4-2-5-9-18;/h2,4-5,8-13,20,25H,3,6-7,14-16H2,1H3,(H,22,23);1H. The van der Waals surface area contributed by atoms with Crippen LogP contribution in [0.15, 0.2) is 59.6 Å². The van der Waals surface area contributed by atoms with Crippen molar-refractivity contribution in [3.05, 3.63) is 60.2 Å². The Morgan fingerprint density at radius 2 is 1.74 bits per heavy atom. The fraction of sp³-hybridized carbons (Fsp3) is 0.381. The minimum atomic E-state index is -0.640. The molecule has 1 aliphatic heterocycles. The van der Waals surface area contributed by atoms with E-state index in [0.29, 0.717) is 6.54 Å². The van der Waals surface area contributed by atoms with Gasteiger partial charge in [-0.25, -0.2) is 4.99 Å². The van der Waals surface area contributed by atoms with Gasteiger partial charge in [0.25, 0.3) is 0 Å². The molecule has 0 aromatic heterocycles. The average molecular weight is 481 g/mol. The van der Waals surface area contributed by atoms with E-state index < -0.39 is 6.10 Å². The number of para-hydroxylation sites is 1. The molecule has 2 N–H and O–H groups in total. The maximum atomic E-state index is 10.5. The summed E-state index contributed by atoms with van der Waals surface area (Å²) in [5.41, 5.74) is 1.85. The molecular formula is C21H28IN3O2. The lowest BCUT2D eigenvalue weighted by molar-refractivity contribution is 0.186. The van der Waals surface area contributed by atoms with Gasteiger partial charge in [-0.1, -0.05) is 30.3 Å². The molecule has 0 saturated carbocycles. The van der Waals surface area contributed by atoms with E-state index in [0.717, 1.165) is 36.0 Å². The van der Waals surface area contributed by atoms with Crippen molar-refractivity contribution in [1.29, 1.82) is 0 Å². The molecule has 0 bridgehead atoms. The van der Waals surface area contributed by atoms with Gasteiger partial charge in [0.05, 0.1) is 19.8 Å². The molecular weight excluding hydrogens is 453 g/mol. The van der Waals surface area contributed by atoms with Gasteiger partial charge in [0.1, 0.15) is 5.75 Å². The monoisotopic (exact) mass is 481 g/mol. The molecule has 146 valence electrons. The van der Waals surface area contributed by atoms with Crippen LogP contribution in [0.25, 0.3) is 0 Å². The first-order valence-electron chi connectivity index (χ1n) is 9.20. The van der Waals surface area contributed by atoms with Crippen molar-refractivity contribution in [3.63, 3.8) is 0 Å². The number of aliphatic imine (C=N–C) groups is 1. The maximum absolute atomic E-state index is 10.5. The van der Waals surface area contributed by atoms with Crippen LogP contribution in [0.3, 0.4) is 0 Å². The first-order valence-corrected chi connectivity index (χ1v) is 9.20. The first-order chi connectivity index (χ1) is 12.8. The van der Waals surface area contributed by atoms with Crippen molar-refractivity contribution in [2.75, 3.05) is 32.1 Å². The molecule has 0 amide bonds. The predicted molar refractivity (Wildman–Crippen MR) is 121 cm³/mol. The lowest BCUT2D eigenvalue weighted by atomic mass is 10.1. The minimum Gasteiger partial charge on any atom is -0.497 e. The normalized spacial score (nSPS) is 15.6. The van der Waals surface area contributed by atoms with Crippen LogP contribution in [-0.4, -0.2) is 42.7 Å². The molecule has 27 heavy (non-hydrogen) atoms. The molecule has 1 fully saturated rings. The third-order valence-corrected chi connectivity index (χ3v) is 4.60. The molecule has 0 spiro atoms. The molecule has 0 radical (unpaired) electrons. The van der Waals surface area contributed by atoms with Gasteiger partial charge in [-0.05, 0) is 49.1 Å². The van der Waals surface area contributed by atoms with E-state index in [1.165, 1.54) is 19.3 Å². The van der Waals surface area contributed by atoms with E-state index in [2.05, 4.69) is 10.2 Å². The van der Waals surface area contributed by atoms with Gasteiger partial charge in [-0.2, -0.15) is 0 Å². The number of ether oxygens (including phenoxy) is 1. The highest BCUT2D eigenvalue weighted by Crippen LogP contribution is 2.19. The quantitative estimate of drug-likeness (QED) is 0.380. The number of hydrogen-bond acceptors (Lipinski definition) is 3. The number of benzene rings is 2. The summed E-state index contributed by atoms with van der Waals surface area (Å²) < 4.78 is 5.17. The highest BCUT2D eigenvalue weighted by Gasteiger charge is 2.16. The highest BCUT2D eigenvalue weighted by atomic mass is 127. The van der Waals surface area contributed by atoms with Gasteiger partial charge >= 0.3 is 0 Å². The van der Waals surface area contributed by atoms with E-state index in [4.69, 9.17) is 9.73 Å². The van der Waals surface area contributed by atoms with Gasteiger partial charge in [0.15, 0.2) is 5.96 Å². The van der Waals surface area contributed by atoms with Crippen LogP contribution >= 0.6 is 24.0 Å². The molecule has 5 nitrogen and oxygen atoms in total.